The summed E-state index contributed by atoms with van der Waals surface area (Å²) in [5.41, 5.74) is 0.852. The molecule has 0 aliphatic carbocycles. The van der Waals surface area contributed by atoms with Crippen molar-refractivity contribution in [3.05, 3.63) is 22.4 Å². The molecule has 114 valence electrons. The lowest BCUT2D eigenvalue weighted by Crippen LogP contribution is -2.19. The molecule has 0 spiro atoms. The minimum absolute atomic E-state index is 0.0407. The van der Waals surface area contributed by atoms with Crippen molar-refractivity contribution in [1.29, 1.82) is 0 Å². The Morgan fingerprint density at radius 2 is 2.19 bits per heavy atom. The maximum Gasteiger partial charge on any atom is 0.344 e. The van der Waals surface area contributed by atoms with Gasteiger partial charge in [0, 0.05) is 18.7 Å². The third-order valence-electron chi connectivity index (χ3n) is 3.02. The van der Waals surface area contributed by atoms with Crippen LogP contribution in [0, 0.1) is 0 Å². The van der Waals surface area contributed by atoms with E-state index in [4.69, 9.17) is 0 Å². The van der Waals surface area contributed by atoms with Crippen LogP contribution in [0.2, 0.25) is 0 Å². The number of nitrogens with zero attached hydrogens (tertiary/aromatic N) is 4. The number of rotatable bonds is 6. The molecule has 2 aromatic heterocycles. The van der Waals surface area contributed by atoms with Gasteiger partial charge in [-0.2, -0.15) is 0 Å². The molecule has 0 amide bonds. The molecule has 0 aromatic carbocycles. The molecule has 2 aromatic rings. The first kappa shape index (κ1) is 15.6. The number of aromatic nitrogens is 5. The van der Waals surface area contributed by atoms with Crippen molar-refractivity contribution in [2.75, 3.05) is 12.4 Å². The first-order valence-corrected chi connectivity index (χ1v) is 7.76. The van der Waals surface area contributed by atoms with Gasteiger partial charge in [0.2, 0.25) is 0 Å². The van der Waals surface area contributed by atoms with Crippen LogP contribution in [0.4, 0.5) is 5.82 Å². The molecule has 0 unspecified atom stereocenters. The van der Waals surface area contributed by atoms with Crippen LogP contribution in [0.5, 0.6) is 0 Å². The Balaban J connectivity index is 2.42. The highest BCUT2D eigenvalue weighted by atomic mass is 32.2. The maximum absolute atomic E-state index is 11.8. The first-order valence-electron chi connectivity index (χ1n) is 6.94. The molecule has 0 saturated carbocycles. The van der Waals surface area contributed by atoms with Gasteiger partial charge in [0.1, 0.15) is 17.2 Å². The molecule has 0 radical (unpaired) electrons. The van der Waals surface area contributed by atoms with Gasteiger partial charge < -0.3 is 5.32 Å². The van der Waals surface area contributed by atoms with Crippen LogP contribution in [-0.4, -0.2) is 31.8 Å². The largest absolute Gasteiger partial charge is 0.373 e. The third kappa shape index (κ3) is 3.26. The SMILES string of the molecule is CCCc1c(NC)ncnc1Sc1n[nH]c(=O)n1C(C)C. The zero-order chi connectivity index (χ0) is 15.4. The summed E-state index contributed by atoms with van der Waals surface area (Å²) >= 11 is 1.39. The van der Waals surface area contributed by atoms with E-state index in [0.717, 1.165) is 29.2 Å². The number of nitrogens with one attached hydrogen (secondary N) is 2. The predicted molar refractivity (Wildman–Crippen MR) is 82.9 cm³/mol. The Morgan fingerprint density at radius 1 is 1.43 bits per heavy atom. The van der Waals surface area contributed by atoms with Crippen LogP contribution in [0.25, 0.3) is 0 Å². The van der Waals surface area contributed by atoms with Gasteiger partial charge in [0.25, 0.3) is 0 Å². The molecule has 0 aliphatic heterocycles. The van der Waals surface area contributed by atoms with E-state index in [9.17, 15) is 4.79 Å². The quantitative estimate of drug-likeness (QED) is 0.794. The van der Waals surface area contributed by atoms with E-state index in [1.807, 2.05) is 20.9 Å². The van der Waals surface area contributed by atoms with Crippen molar-refractivity contribution in [1.82, 2.24) is 24.7 Å². The minimum Gasteiger partial charge on any atom is -0.373 e. The smallest absolute Gasteiger partial charge is 0.344 e. The van der Waals surface area contributed by atoms with Crippen molar-refractivity contribution in [2.24, 2.45) is 0 Å². The van der Waals surface area contributed by atoms with Crippen molar-refractivity contribution < 1.29 is 0 Å². The molecule has 2 heterocycles. The van der Waals surface area contributed by atoms with Gasteiger partial charge >= 0.3 is 5.69 Å². The van der Waals surface area contributed by atoms with Crippen LogP contribution in [0.1, 0.15) is 38.8 Å². The number of hydrogen-bond acceptors (Lipinski definition) is 6. The van der Waals surface area contributed by atoms with E-state index in [0.29, 0.717) is 5.16 Å². The molecule has 21 heavy (non-hydrogen) atoms. The van der Waals surface area contributed by atoms with Crippen LogP contribution in [0.15, 0.2) is 21.3 Å². The van der Waals surface area contributed by atoms with Gasteiger partial charge in [0.15, 0.2) is 5.16 Å². The highest BCUT2D eigenvalue weighted by Gasteiger charge is 2.17. The van der Waals surface area contributed by atoms with Gasteiger partial charge in [-0.15, -0.1) is 5.10 Å². The van der Waals surface area contributed by atoms with E-state index in [1.165, 1.54) is 18.1 Å². The van der Waals surface area contributed by atoms with Crippen molar-refractivity contribution in [3.8, 4) is 0 Å². The summed E-state index contributed by atoms with van der Waals surface area (Å²) in [6.45, 7) is 6.01. The standard InChI is InChI=1S/C13H20N6OS/c1-5-6-9-10(14-4)15-7-16-11(9)21-13-18-17-12(20)19(13)8(2)3/h7-8H,5-6H2,1-4H3,(H,17,20)(H,14,15,16). The molecule has 0 bridgehead atoms. The first-order chi connectivity index (χ1) is 10.1. The van der Waals surface area contributed by atoms with Crippen molar-refractivity contribution in [3.63, 3.8) is 0 Å². The lowest BCUT2D eigenvalue weighted by atomic mass is 10.2. The van der Waals surface area contributed by atoms with Crippen molar-refractivity contribution in [2.45, 2.75) is 49.8 Å². The third-order valence-corrected chi connectivity index (χ3v) is 4.03. The molecule has 0 fully saturated rings. The molecule has 0 atom stereocenters. The highest BCUT2D eigenvalue weighted by Crippen LogP contribution is 2.31. The Hall–Kier alpha value is -1.83. The average Bonchev–Trinajstić information content (AvgIpc) is 2.82. The Kier molecular flexibility index (Phi) is 5.00. The van der Waals surface area contributed by atoms with E-state index in [-0.39, 0.29) is 11.7 Å². The van der Waals surface area contributed by atoms with Crippen LogP contribution in [-0.2, 0) is 6.42 Å². The van der Waals surface area contributed by atoms with E-state index in [1.54, 1.807) is 4.57 Å². The zero-order valence-electron chi connectivity index (χ0n) is 12.7. The van der Waals surface area contributed by atoms with Crippen LogP contribution < -0.4 is 11.0 Å². The van der Waals surface area contributed by atoms with Crippen molar-refractivity contribution >= 4 is 17.6 Å². The lowest BCUT2D eigenvalue weighted by molar-refractivity contribution is 0.533. The Bertz CT molecular complexity index is 663. The Labute approximate surface area is 127 Å². The molecule has 2 N–H and O–H groups in total. The summed E-state index contributed by atoms with van der Waals surface area (Å²) in [5, 5.41) is 11.1. The van der Waals surface area contributed by atoms with Gasteiger partial charge in [0.05, 0.1) is 0 Å². The molecular formula is C13H20N6OS. The fourth-order valence-corrected chi connectivity index (χ4v) is 3.16. The molecule has 2 rings (SSSR count). The lowest BCUT2D eigenvalue weighted by Gasteiger charge is -2.12. The second-order valence-electron chi connectivity index (χ2n) is 4.88. The number of H-pyrrole nitrogens is 1. The van der Waals surface area contributed by atoms with Gasteiger partial charge in [-0.1, -0.05) is 13.3 Å². The zero-order valence-corrected chi connectivity index (χ0v) is 13.5. The molecule has 8 heteroatoms. The van der Waals surface area contributed by atoms with Gasteiger partial charge in [-0.3, -0.25) is 4.57 Å². The highest BCUT2D eigenvalue weighted by molar-refractivity contribution is 7.99. The fraction of sp³-hybridized carbons (Fsp3) is 0.538. The summed E-state index contributed by atoms with van der Waals surface area (Å²) in [4.78, 5) is 20.4. The molecule has 7 nitrogen and oxygen atoms in total. The maximum atomic E-state index is 11.8. The van der Waals surface area contributed by atoms with E-state index >= 15 is 0 Å². The minimum atomic E-state index is -0.201. The fourth-order valence-electron chi connectivity index (χ4n) is 2.08. The second-order valence-corrected chi connectivity index (χ2v) is 5.84. The molecule has 0 saturated heterocycles. The van der Waals surface area contributed by atoms with Crippen LogP contribution >= 0.6 is 11.8 Å². The number of anilines is 1. The predicted octanol–water partition coefficient (Wildman–Crippen LogP) is 2.09. The van der Waals surface area contributed by atoms with Crippen LogP contribution in [0.3, 0.4) is 0 Å². The summed E-state index contributed by atoms with van der Waals surface area (Å²) in [6, 6.07) is 0.0407. The van der Waals surface area contributed by atoms with E-state index in [2.05, 4.69) is 32.4 Å². The van der Waals surface area contributed by atoms with Gasteiger partial charge in [-0.05, 0) is 32.0 Å². The Morgan fingerprint density at radius 3 is 2.81 bits per heavy atom. The van der Waals surface area contributed by atoms with E-state index < -0.39 is 0 Å². The topological polar surface area (TPSA) is 88.5 Å². The summed E-state index contributed by atoms with van der Waals surface area (Å²) < 4.78 is 1.63. The number of hydrogen-bond donors (Lipinski definition) is 2. The molecular weight excluding hydrogens is 288 g/mol. The normalized spacial score (nSPS) is 11.1. The average molecular weight is 308 g/mol. The molecule has 0 aliphatic rings. The summed E-state index contributed by atoms with van der Waals surface area (Å²) in [5.74, 6) is 0.823. The summed E-state index contributed by atoms with van der Waals surface area (Å²) in [6.07, 6.45) is 3.39. The number of aromatic amines is 1. The summed E-state index contributed by atoms with van der Waals surface area (Å²) in [7, 11) is 1.84. The van der Waals surface area contributed by atoms with Gasteiger partial charge in [-0.25, -0.2) is 19.9 Å². The monoisotopic (exact) mass is 308 g/mol. The second kappa shape index (κ2) is 6.75.